The van der Waals surface area contributed by atoms with Crippen molar-refractivity contribution < 1.29 is 23.9 Å². The largest absolute Gasteiger partial charge is 0.493 e. The van der Waals surface area contributed by atoms with Crippen molar-refractivity contribution in [2.75, 3.05) is 46.5 Å². The van der Waals surface area contributed by atoms with Gasteiger partial charge in [0.1, 0.15) is 17.8 Å². The summed E-state index contributed by atoms with van der Waals surface area (Å²) in [5, 5.41) is 9.24. The molecular formula is C28H43Cl2N5O5. The van der Waals surface area contributed by atoms with Crippen LogP contribution < -0.4 is 20.7 Å². The van der Waals surface area contributed by atoms with E-state index < -0.39 is 18.1 Å². The predicted molar refractivity (Wildman–Crippen MR) is 156 cm³/mol. The molecule has 0 saturated carbocycles. The molecule has 3 amide bonds. The first-order chi connectivity index (χ1) is 18.5. The van der Waals surface area contributed by atoms with Gasteiger partial charge in [-0.05, 0) is 58.2 Å². The molecule has 1 aromatic rings. The van der Waals surface area contributed by atoms with E-state index in [1.54, 1.807) is 18.9 Å². The highest BCUT2D eigenvalue weighted by Crippen LogP contribution is 2.33. The number of nitrogens with zero attached hydrogens (tertiary/aromatic N) is 2. The summed E-state index contributed by atoms with van der Waals surface area (Å²) in [5.41, 5.74) is 0.966. The fraction of sp³-hybridized carbons (Fsp3) is 0.679. The second kappa shape index (κ2) is 14.7. The van der Waals surface area contributed by atoms with E-state index in [2.05, 4.69) is 20.9 Å². The highest BCUT2D eigenvalue weighted by molar-refractivity contribution is 5.93. The molecule has 224 valence electrons. The molecule has 40 heavy (non-hydrogen) atoms. The van der Waals surface area contributed by atoms with E-state index >= 15 is 0 Å². The second-order valence-corrected chi connectivity index (χ2v) is 11.0. The number of para-hydroxylation sites is 1. The van der Waals surface area contributed by atoms with Gasteiger partial charge in [-0.15, -0.1) is 24.8 Å². The summed E-state index contributed by atoms with van der Waals surface area (Å²) in [6.07, 6.45) is 4.15. The molecule has 2 unspecified atom stereocenters. The van der Waals surface area contributed by atoms with Crippen LogP contribution in [0.5, 0.6) is 5.75 Å². The number of hydrogen-bond acceptors (Lipinski definition) is 7. The molecule has 12 heteroatoms. The Balaban J connectivity index is 0.00000220. The Labute approximate surface area is 249 Å². The molecular weight excluding hydrogens is 557 g/mol. The van der Waals surface area contributed by atoms with Gasteiger partial charge in [-0.2, -0.15) is 0 Å². The molecule has 4 aliphatic heterocycles. The zero-order chi connectivity index (χ0) is 26.6. The fourth-order valence-corrected chi connectivity index (χ4v) is 6.26. The van der Waals surface area contributed by atoms with E-state index in [0.717, 1.165) is 30.7 Å². The lowest BCUT2D eigenvalue weighted by Gasteiger charge is -2.45. The number of ether oxygens (including phenoxy) is 2. The van der Waals surface area contributed by atoms with Crippen LogP contribution in [0.1, 0.15) is 50.6 Å². The number of rotatable bonds is 7. The molecule has 0 radical (unpaired) electrons. The van der Waals surface area contributed by atoms with Gasteiger partial charge in [-0.3, -0.25) is 19.3 Å². The van der Waals surface area contributed by atoms with E-state index in [1.807, 2.05) is 24.3 Å². The van der Waals surface area contributed by atoms with Gasteiger partial charge in [0, 0.05) is 44.3 Å². The number of carbonyl (C=O) groups is 3. The topological polar surface area (TPSA) is 112 Å². The SMILES string of the molecule is CN[C@@H](C)C(=O)N[C@H](C(=O)N1CC2CCCN2CC1C(=O)N[C@@H]1CCOc2ccccc21)C1CCOCC1.Cl.Cl. The fourth-order valence-electron chi connectivity index (χ4n) is 6.26. The number of likely N-dealkylation sites (N-methyl/N-ethyl adjacent to an activating group) is 1. The predicted octanol–water partition coefficient (Wildman–Crippen LogP) is 1.66. The smallest absolute Gasteiger partial charge is 0.246 e. The first kappa shape index (κ1) is 32.4. The zero-order valence-corrected chi connectivity index (χ0v) is 24.9. The summed E-state index contributed by atoms with van der Waals surface area (Å²) in [6.45, 7) is 5.39. The standard InChI is InChI=1S/C28H41N5O5.2ClH/c1-18(29-2)26(34)31-25(19-9-13-37-14-10-19)28(36)33-16-20-6-5-12-32(20)17-23(33)27(35)30-22-11-15-38-24-8-4-3-7-21(22)24;;/h3-4,7-8,18-20,22-23,25,29H,5-6,9-17H2,1-2H3,(H,30,35)(H,31,34);2*1H/t18-,20?,22+,23?,25-;;/m0../s1. The highest BCUT2D eigenvalue weighted by atomic mass is 35.5. The summed E-state index contributed by atoms with van der Waals surface area (Å²) in [5.74, 6) is 0.244. The number of halogens is 2. The van der Waals surface area contributed by atoms with Crippen LogP contribution in [0.2, 0.25) is 0 Å². The number of carbonyl (C=O) groups excluding carboxylic acids is 3. The molecule has 3 fully saturated rings. The van der Waals surface area contributed by atoms with Gasteiger partial charge in [0.15, 0.2) is 0 Å². The van der Waals surface area contributed by atoms with Crippen LogP contribution in [-0.2, 0) is 19.1 Å². The Bertz CT molecular complexity index is 1030. The van der Waals surface area contributed by atoms with Crippen molar-refractivity contribution in [3.8, 4) is 5.75 Å². The maximum absolute atomic E-state index is 14.3. The number of piperazine rings is 1. The Morgan fingerprint density at radius 2 is 1.75 bits per heavy atom. The van der Waals surface area contributed by atoms with Crippen LogP contribution in [0, 0.1) is 5.92 Å². The third-order valence-corrected chi connectivity index (χ3v) is 8.68. The van der Waals surface area contributed by atoms with Crippen LogP contribution in [0.25, 0.3) is 0 Å². The summed E-state index contributed by atoms with van der Waals surface area (Å²) >= 11 is 0. The van der Waals surface area contributed by atoms with E-state index in [4.69, 9.17) is 9.47 Å². The Morgan fingerprint density at radius 3 is 2.50 bits per heavy atom. The lowest BCUT2D eigenvalue weighted by Crippen LogP contribution is -2.66. The first-order valence-electron chi connectivity index (χ1n) is 14.1. The summed E-state index contributed by atoms with van der Waals surface area (Å²) in [7, 11) is 1.73. The van der Waals surface area contributed by atoms with Crippen molar-refractivity contribution in [2.45, 2.75) is 69.2 Å². The Morgan fingerprint density at radius 1 is 1.00 bits per heavy atom. The third-order valence-electron chi connectivity index (χ3n) is 8.68. The number of amides is 3. The molecule has 5 atom stereocenters. The maximum atomic E-state index is 14.3. The van der Waals surface area contributed by atoms with Crippen molar-refractivity contribution in [2.24, 2.45) is 5.92 Å². The molecule has 3 N–H and O–H groups in total. The second-order valence-electron chi connectivity index (χ2n) is 11.0. The van der Waals surface area contributed by atoms with Crippen molar-refractivity contribution >= 4 is 42.5 Å². The van der Waals surface area contributed by atoms with Crippen LogP contribution in [-0.4, -0.2) is 98.2 Å². The van der Waals surface area contributed by atoms with Gasteiger partial charge in [0.2, 0.25) is 17.7 Å². The van der Waals surface area contributed by atoms with Gasteiger partial charge in [0.25, 0.3) is 0 Å². The highest BCUT2D eigenvalue weighted by Gasteiger charge is 2.45. The van der Waals surface area contributed by atoms with Gasteiger partial charge in [-0.25, -0.2) is 0 Å². The van der Waals surface area contributed by atoms with E-state index in [1.165, 1.54) is 0 Å². The van der Waals surface area contributed by atoms with Crippen molar-refractivity contribution in [1.29, 1.82) is 0 Å². The van der Waals surface area contributed by atoms with Crippen LogP contribution in [0.3, 0.4) is 0 Å². The average molecular weight is 601 g/mol. The molecule has 0 aliphatic carbocycles. The number of nitrogens with one attached hydrogen (secondary N) is 3. The Kier molecular flexibility index (Phi) is 11.9. The minimum Gasteiger partial charge on any atom is -0.493 e. The lowest BCUT2D eigenvalue weighted by molar-refractivity contribution is -0.150. The molecule has 0 spiro atoms. The number of benzene rings is 1. The number of hydrogen-bond donors (Lipinski definition) is 3. The van der Waals surface area contributed by atoms with Gasteiger partial charge >= 0.3 is 0 Å². The zero-order valence-electron chi connectivity index (χ0n) is 23.3. The molecule has 0 bridgehead atoms. The van der Waals surface area contributed by atoms with Gasteiger partial charge in [-0.1, -0.05) is 18.2 Å². The molecule has 1 aromatic carbocycles. The van der Waals surface area contributed by atoms with Crippen LogP contribution in [0.4, 0.5) is 0 Å². The monoisotopic (exact) mass is 599 g/mol. The quantitative estimate of drug-likeness (QED) is 0.437. The van der Waals surface area contributed by atoms with Crippen LogP contribution >= 0.6 is 24.8 Å². The molecule has 5 rings (SSSR count). The van der Waals surface area contributed by atoms with E-state index in [9.17, 15) is 14.4 Å². The van der Waals surface area contributed by atoms with E-state index in [-0.39, 0.29) is 60.5 Å². The summed E-state index contributed by atoms with van der Waals surface area (Å²) in [6, 6.07) is 6.14. The van der Waals surface area contributed by atoms with Crippen molar-refractivity contribution in [3.05, 3.63) is 29.8 Å². The summed E-state index contributed by atoms with van der Waals surface area (Å²) < 4.78 is 11.3. The normalized spacial score (nSPS) is 26.1. The molecule has 0 aromatic heterocycles. The molecule has 3 saturated heterocycles. The minimum absolute atomic E-state index is 0. The first-order valence-corrected chi connectivity index (χ1v) is 14.1. The Hall–Kier alpha value is -2.11. The lowest BCUT2D eigenvalue weighted by atomic mass is 9.89. The van der Waals surface area contributed by atoms with Crippen molar-refractivity contribution in [1.82, 2.24) is 25.8 Å². The third kappa shape index (κ3) is 7.02. The number of fused-ring (bicyclic) bond motifs is 2. The molecule has 10 nitrogen and oxygen atoms in total. The van der Waals surface area contributed by atoms with Gasteiger partial charge in [0.05, 0.1) is 18.7 Å². The van der Waals surface area contributed by atoms with Gasteiger partial charge < -0.3 is 30.3 Å². The minimum atomic E-state index is -0.686. The molecule has 4 aliphatic rings. The van der Waals surface area contributed by atoms with Crippen molar-refractivity contribution in [3.63, 3.8) is 0 Å². The summed E-state index contributed by atoms with van der Waals surface area (Å²) in [4.78, 5) is 45.2. The molecule has 4 heterocycles. The van der Waals surface area contributed by atoms with E-state index in [0.29, 0.717) is 52.2 Å². The maximum Gasteiger partial charge on any atom is 0.246 e. The van der Waals surface area contributed by atoms with Crippen LogP contribution in [0.15, 0.2) is 24.3 Å². The average Bonchev–Trinajstić information content (AvgIpc) is 3.42.